The fourth-order valence-electron chi connectivity index (χ4n) is 1.57. The third-order valence-corrected chi connectivity index (χ3v) is 2.25. The van der Waals surface area contributed by atoms with Crippen molar-refractivity contribution >= 4 is 0 Å². The van der Waals surface area contributed by atoms with Crippen LogP contribution in [0.3, 0.4) is 0 Å². The Morgan fingerprint density at radius 2 is 2.00 bits per heavy atom. The Hall–Kier alpha value is -1.29. The molecule has 68 valence electrons. The highest BCUT2D eigenvalue weighted by atomic mass is 14.2. The zero-order valence-electron chi connectivity index (χ0n) is 8.03. The molecule has 0 saturated carbocycles. The van der Waals surface area contributed by atoms with Crippen LogP contribution >= 0.6 is 0 Å². The quantitative estimate of drug-likeness (QED) is 0.683. The van der Waals surface area contributed by atoms with Crippen LogP contribution in [0.5, 0.6) is 0 Å². The van der Waals surface area contributed by atoms with Crippen LogP contribution in [0.1, 0.15) is 37.7 Å². The van der Waals surface area contributed by atoms with Gasteiger partial charge in [-0.2, -0.15) is 5.26 Å². The Labute approximate surface area is 80.0 Å². The van der Waals surface area contributed by atoms with Gasteiger partial charge in [0.2, 0.25) is 0 Å². The summed E-state index contributed by atoms with van der Waals surface area (Å²) in [6.07, 6.45) is 2.89. The molecule has 0 N–H and O–H groups in total. The number of nitriles is 1. The minimum absolute atomic E-state index is 0.427. The van der Waals surface area contributed by atoms with Gasteiger partial charge in [0.05, 0.1) is 6.07 Å². The topological polar surface area (TPSA) is 23.8 Å². The Morgan fingerprint density at radius 3 is 2.54 bits per heavy atom. The van der Waals surface area contributed by atoms with Crippen LogP contribution in [-0.2, 0) is 0 Å². The van der Waals surface area contributed by atoms with Crippen molar-refractivity contribution < 1.29 is 0 Å². The molecule has 1 atom stereocenters. The lowest BCUT2D eigenvalue weighted by Crippen LogP contribution is -1.96. The average Bonchev–Trinajstić information content (AvgIpc) is 2.19. The molecule has 0 unspecified atom stereocenters. The third kappa shape index (κ3) is 2.91. The van der Waals surface area contributed by atoms with Crippen LogP contribution < -0.4 is 0 Å². The minimum Gasteiger partial charge on any atom is -0.198 e. The highest BCUT2D eigenvalue weighted by Gasteiger charge is 2.08. The number of nitrogens with zero attached hydrogens (tertiary/aromatic N) is 1. The first kappa shape index (κ1) is 9.80. The zero-order chi connectivity index (χ0) is 9.52. The summed E-state index contributed by atoms with van der Waals surface area (Å²) in [6, 6.07) is 12.6. The lowest BCUT2D eigenvalue weighted by atomic mass is 9.92. The maximum atomic E-state index is 8.67. The number of hydrogen-bond acceptors (Lipinski definition) is 1. The van der Waals surface area contributed by atoms with E-state index in [1.54, 1.807) is 0 Å². The van der Waals surface area contributed by atoms with Crippen molar-refractivity contribution in [3.05, 3.63) is 35.9 Å². The molecule has 0 amide bonds. The number of hydrogen-bond donors (Lipinski definition) is 0. The summed E-state index contributed by atoms with van der Waals surface area (Å²) in [4.78, 5) is 0. The van der Waals surface area contributed by atoms with E-state index in [0.717, 1.165) is 12.8 Å². The Balaban J connectivity index is 2.71. The summed E-state index contributed by atoms with van der Waals surface area (Å²) in [7, 11) is 0. The van der Waals surface area contributed by atoms with Gasteiger partial charge in [-0.3, -0.25) is 0 Å². The summed E-state index contributed by atoms with van der Waals surface area (Å²) in [5.41, 5.74) is 1.30. The molecule has 0 aliphatic heterocycles. The van der Waals surface area contributed by atoms with Gasteiger partial charge in [0, 0.05) is 6.42 Å². The van der Waals surface area contributed by atoms with Crippen molar-refractivity contribution in [1.82, 2.24) is 0 Å². The molecule has 1 aromatic carbocycles. The van der Waals surface area contributed by atoms with E-state index < -0.39 is 0 Å². The summed E-state index contributed by atoms with van der Waals surface area (Å²) < 4.78 is 0. The van der Waals surface area contributed by atoms with E-state index in [-0.39, 0.29) is 0 Å². The van der Waals surface area contributed by atoms with Gasteiger partial charge >= 0.3 is 0 Å². The van der Waals surface area contributed by atoms with Crippen molar-refractivity contribution in [3.63, 3.8) is 0 Å². The van der Waals surface area contributed by atoms with Crippen molar-refractivity contribution in [2.75, 3.05) is 0 Å². The van der Waals surface area contributed by atoms with Gasteiger partial charge in [0.1, 0.15) is 0 Å². The monoisotopic (exact) mass is 173 g/mol. The molecule has 1 nitrogen and oxygen atoms in total. The van der Waals surface area contributed by atoms with Crippen molar-refractivity contribution in [3.8, 4) is 6.07 Å². The van der Waals surface area contributed by atoms with Crippen LogP contribution in [0, 0.1) is 11.3 Å². The van der Waals surface area contributed by atoms with Crippen LogP contribution in [0.4, 0.5) is 0 Å². The van der Waals surface area contributed by atoms with Gasteiger partial charge in [-0.15, -0.1) is 0 Å². The van der Waals surface area contributed by atoms with Gasteiger partial charge in [-0.05, 0) is 17.9 Å². The van der Waals surface area contributed by atoms with E-state index in [2.05, 4.69) is 25.1 Å². The molecule has 0 radical (unpaired) electrons. The molecule has 0 bridgehead atoms. The largest absolute Gasteiger partial charge is 0.198 e. The zero-order valence-corrected chi connectivity index (χ0v) is 8.03. The average molecular weight is 173 g/mol. The molecule has 1 heteroatoms. The van der Waals surface area contributed by atoms with E-state index in [1.165, 1.54) is 5.56 Å². The molecule has 0 aromatic heterocycles. The van der Waals surface area contributed by atoms with Crippen LogP contribution in [0.2, 0.25) is 0 Å². The summed E-state index contributed by atoms with van der Waals surface area (Å²) in [5.74, 6) is 0.427. The molecule has 1 aromatic rings. The second kappa shape index (κ2) is 5.37. The van der Waals surface area contributed by atoms with E-state index in [4.69, 9.17) is 5.26 Å². The fraction of sp³-hybridized carbons (Fsp3) is 0.417. The minimum atomic E-state index is 0.427. The Bertz CT molecular complexity index is 271. The maximum Gasteiger partial charge on any atom is 0.0628 e. The summed E-state index contributed by atoms with van der Waals surface area (Å²) in [6.45, 7) is 2.16. The summed E-state index contributed by atoms with van der Waals surface area (Å²) >= 11 is 0. The van der Waals surface area contributed by atoms with Gasteiger partial charge in [0.25, 0.3) is 0 Å². The molecule has 0 heterocycles. The van der Waals surface area contributed by atoms with E-state index in [9.17, 15) is 0 Å². The van der Waals surface area contributed by atoms with Crippen LogP contribution in [0.25, 0.3) is 0 Å². The predicted molar refractivity (Wildman–Crippen MR) is 54.3 cm³/mol. The predicted octanol–water partition coefficient (Wildman–Crippen LogP) is 3.48. The molecule has 13 heavy (non-hydrogen) atoms. The number of benzene rings is 1. The van der Waals surface area contributed by atoms with Gasteiger partial charge in [0.15, 0.2) is 0 Å². The smallest absolute Gasteiger partial charge is 0.0628 e. The normalized spacial score (nSPS) is 12.0. The van der Waals surface area contributed by atoms with Crippen LogP contribution in [0.15, 0.2) is 30.3 Å². The Kier molecular flexibility index (Phi) is 4.05. The fourth-order valence-corrected chi connectivity index (χ4v) is 1.57. The summed E-state index contributed by atoms with van der Waals surface area (Å²) in [5, 5.41) is 8.67. The molecular weight excluding hydrogens is 158 g/mol. The van der Waals surface area contributed by atoms with Crippen molar-refractivity contribution in [1.29, 1.82) is 5.26 Å². The maximum absolute atomic E-state index is 8.67. The molecule has 0 spiro atoms. The lowest BCUT2D eigenvalue weighted by Gasteiger charge is -2.11. The second-order valence-corrected chi connectivity index (χ2v) is 3.26. The molecule has 0 saturated heterocycles. The standard InChI is InChI=1S/C12H15N/c1-2-6-11(9-10-13)12-7-4-3-5-8-12/h3-5,7-8,11H,2,6,9H2,1H3/t11-/m0/s1. The van der Waals surface area contributed by atoms with E-state index in [1.807, 2.05) is 18.2 Å². The molecule has 0 aliphatic carbocycles. The molecule has 0 fully saturated rings. The third-order valence-electron chi connectivity index (χ3n) is 2.25. The van der Waals surface area contributed by atoms with E-state index >= 15 is 0 Å². The number of rotatable bonds is 4. The van der Waals surface area contributed by atoms with Gasteiger partial charge < -0.3 is 0 Å². The first-order chi connectivity index (χ1) is 6.38. The van der Waals surface area contributed by atoms with Crippen LogP contribution in [-0.4, -0.2) is 0 Å². The molecule has 0 aliphatic rings. The van der Waals surface area contributed by atoms with Gasteiger partial charge in [-0.25, -0.2) is 0 Å². The van der Waals surface area contributed by atoms with Crippen molar-refractivity contribution in [2.24, 2.45) is 0 Å². The first-order valence-electron chi connectivity index (χ1n) is 4.80. The Morgan fingerprint density at radius 1 is 1.31 bits per heavy atom. The lowest BCUT2D eigenvalue weighted by molar-refractivity contribution is 0.625. The highest BCUT2D eigenvalue weighted by Crippen LogP contribution is 2.23. The SMILES string of the molecule is CCC[C@@H](CC#N)c1ccccc1. The highest BCUT2D eigenvalue weighted by molar-refractivity contribution is 5.20. The second-order valence-electron chi connectivity index (χ2n) is 3.26. The molecule has 1 rings (SSSR count). The molecular formula is C12H15N. The van der Waals surface area contributed by atoms with E-state index in [0.29, 0.717) is 12.3 Å². The first-order valence-corrected chi connectivity index (χ1v) is 4.80. The van der Waals surface area contributed by atoms with Crippen molar-refractivity contribution in [2.45, 2.75) is 32.1 Å². The van der Waals surface area contributed by atoms with Gasteiger partial charge in [-0.1, -0.05) is 43.7 Å².